The Morgan fingerprint density at radius 3 is 2.82 bits per heavy atom. The molecule has 1 rings (SSSR count). The van der Waals surface area contributed by atoms with E-state index in [1.165, 1.54) is 6.33 Å². The fourth-order valence-electron chi connectivity index (χ4n) is 1.49. The number of hydrogen-bond donors (Lipinski definition) is 3. The van der Waals surface area contributed by atoms with Crippen LogP contribution in [0.25, 0.3) is 0 Å². The van der Waals surface area contributed by atoms with Gasteiger partial charge in [0.2, 0.25) is 5.91 Å². The summed E-state index contributed by atoms with van der Waals surface area (Å²) in [6.45, 7) is 5.57. The Bertz CT molecular complexity index is 338. The van der Waals surface area contributed by atoms with E-state index >= 15 is 0 Å². The van der Waals surface area contributed by atoms with Crippen molar-refractivity contribution in [1.82, 2.24) is 20.5 Å². The lowest BCUT2D eigenvalue weighted by molar-refractivity contribution is -0.126. The molecular formula is C10H20ClN5O. The van der Waals surface area contributed by atoms with Gasteiger partial charge in [0.1, 0.15) is 12.2 Å². The summed E-state index contributed by atoms with van der Waals surface area (Å²) in [5.74, 6) is 0.457. The summed E-state index contributed by atoms with van der Waals surface area (Å²) < 4.78 is 0. The normalized spacial score (nSPS) is 15.5. The molecule has 98 valence electrons. The van der Waals surface area contributed by atoms with Crippen LogP contribution in [0.1, 0.15) is 45.5 Å². The Morgan fingerprint density at radius 2 is 2.35 bits per heavy atom. The Hall–Kier alpha value is -1.14. The average molecular weight is 262 g/mol. The number of nitrogens with zero attached hydrogens (tertiary/aromatic N) is 2. The van der Waals surface area contributed by atoms with E-state index in [0.717, 1.165) is 6.42 Å². The van der Waals surface area contributed by atoms with E-state index in [9.17, 15) is 4.79 Å². The Labute approximate surface area is 107 Å². The van der Waals surface area contributed by atoms with Crippen LogP contribution < -0.4 is 11.1 Å². The number of carbonyl (C=O) groups is 1. The second-order valence-corrected chi connectivity index (χ2v) is 4.23. The van der Waals surface area contributed by atoms with E-state index in [0.29, 0.717) is 12.2 Å². The first-order chi connectivity index (χ1) is 7.47. The number of nitrogens with two attached hydrogens (primary N) is 1. The lowest BCUT2D eigenvalue weighted by Crippen LogP contribution is -2.52. The van der Waals surface area contributed by atoms with Crippen molar-refractivity contribution in [3.63, 3.8) is 0 Å². The first-order valence-electron chi connectivity index (χ1n) is 5.42. The number of H-pyrrole nitrogens is 1. The lowest BCUT2D eigenvalue weighted by atomic mass is 9.96. The Kier molecular flexibility index (Phi) is 6.12. The van der Waals surface area contributed by atoms with E-state index in [4.69, 9.17) is 5.73 Å². The van der Waals surface area contributed by atoms with E-state index in [1.807, 2.05) is 13.8 Å². The van der Waals surface area contributed by atoms with Crippen LogP contribution in [0, 0.1) is 0 Å². The van der Waals surface area contributed by atoms with E-state index < -0.39 is 5.54 Å². The Morgan fingerprint density at radius 1 is 1.71 bits per heavy atom. The average Bonchev–Trinajstić information content (AvgIpc) is 2.70. The molecule has 17 heavy (non-hydrogen) atoms. The summed E-state index contributed by atoms with van der Waals surface area (Å²) in [6.07, 6.45) is 2.94. The summed E-state index contributed by atoms with van der Waals surface area (Å²) in [6, 6.07) is -0.213. The number of aromatic amines is 1. The minimum Gasteiger partial charge on any atom is -0.345 e. The van der Waals surface area contributed by atoms with Crippen LogP contribution >= 0.6 is 12.4 Å². The molecule has 1 amide bonds. The van der Waals surface area contributed by atoms with Crippen molar-refractivity contribution in [3.05, 3.63) is 12.2 Å². The van der Waals surface area contributed by atoms with Gasteiger partial charge in [-0.3, -0.25) is 9.89 Å². The predicted octanol–water partition coefficient (Wildman–Crippen LogP) is 0.921. The number of carbonyl (C=O) groups excluding carboxylic acids is 1. The van der Waals surface area contributed by atoms with Gasteiger partial charge < -0.3 is 11.1 Å². The molecule has 4 N–H and O–H groups in total. The largest absolute Gasteiger partial charge is 0.345 e. The van der Waals surface area contributed by atoms with Gasteiger partial charge in [-0.1, -0.05) is 13.3 Å². The number of amides is 1. The number of rotatable bonds is 5. The lowest BCUT2D eigenvalue weighted by Gasteiger charge is -2.24. The van der Waals surface area contributed by atoms with E-state index in [2.05, 4.69) is 20.5 Å². The molecule has 0 spiro atoms. The molecule has 7 heteroatoms. The second kappa shape index (κ2) is 6.56. The molecule has 0 saturated heterocycles. The highest BCUT2D eigenvalue weighted by Gasteiger charge is 2.28. The predicted molar refractivity (Wildman–Crippen MR) is 67.7 cm³/mol. The van der Waals surface area contributed by atoms with Gasteiger partial charge in [-0.15, -0.1) is 12.4 Å². The van der Waals surface area contributed by atoms with Crippen molar-refractivity contribution in [2.24, 2.45) is 5.73 Å². The van der Waals surface area contributed by atoms with Crippen LogP contribution in [0.4, 0.5) is 0 Å². The van der Waals surface area contributed by atoms with Crippen molar-refractivity contribution in [1.29, 1.82) is 0 Å². The van der Waals surface area contributed by atoms with Crippen LogP contribution in [-0.4, -0.2) is 26.6 Å². The third kappa shape index (κ3) is 4.32. The summed E-state index contributed by atoms with van der Waals surface area (Å²) in [7, 11) is 0. The molecule has 1 heterocycles. The SMILES string of the molecule is CCCC(C)(N)C(=O)NC(C)c1ncn[nH]1.Cl. The molecule has 0 saturated carbocycles. The van der Waals surface area contributed by atoms with Crippen LogP contribution in [0.5, 0.6) is 0 Å². The summed E-state index contributed by atoms with van der Waals surface area (Å²) in [5.41, 5.74) is 5.08. The van der Waals surface area contributed by atoms with E-state index in [-0.39, 0.29) is 24.4 Å². The number of aromatic nitrogens is 3. The molecule has 0 aromatic carbocycles. The molecule has 0 aliphatic heterocycles. The first kappa shape index (κ1) is 15.9. The Balaban J connectivity index is 0.00000256. The molecule has 0 fully saturated rings. The molecule has 0 bridgehead atoms. The van der Waals surface area contributed by atoms with Crippen molar-refractivity contribution in [2.75, 3.05) is 0 Å². The van der Waals surface area contributed by atoms with Gasteiger partial charge in [-0.25, -0.2) is 4.98 Å². The third-order valence-corrected chi connectivity index (χ3v) is 2.48. The maximum atomic E-state index is 11.9. The highest BCUT2D eigenvalue weighted by atomic mass is 35.5. The van der Waals surface area contributed by atoms with Gasteiger partial charge in [-0.05, 0) is 20.3 Å². The number of hydrogen-bond acceptors (Lipinski definition) is 4. The van der Waals surface area contributed by atoms with Crippen LogP contribution in [-0.2, 0) is 4.79 Å². The summed E-state index contributed by atoms with van der Waals surface area (Å²) in [5, 5.41) is 9.25. The minimum atomic E-state index is -0.830. The molecule has 0 aliphatic carbocycles. The minimum absolute atomic E-state index is 0. The highest BCUT2D eigenvalue weighted by Crippen LogP contribution is 2.12. The first-order valence-corrected chi connectivity index (χ1v) is 5.42. The van der Waals surface area contributed by atoms with E-state index in [1.54, 1.807) is 6.92 Å². The third-order valence-electron chi connectivity index (χ3n) is 2.48. The summed E-state index contributed by atoms with van der Waals surface area (Å²) >= 11 is 0. The smallest absolute Gasteiger partial charge is 0.240 e. The molecule has 2 atom stereocenters. The second-order valence-electron chi connectivity index (χ2n) is 4.23. The molecular weight excluding hydrogens is 242 g/mol. The van der Waals surface area contributed by atoms with Gasteiger partial charge >= 0.3 is 0 Å². The van der Waals surface area contributed by atoms with Crippen LogP contribution in [0.2, 0.25) is 0 Å². The molecule has 6 nitrogen and oxygen atoms in total. The topological polar surface area (TPSA) is 96.7 Å². The van der Waals surface area contributed by atoms with Gasteiger partial charge in [0.25, 0.3) is 0 Å². The zero-order valence-corrected chi connectivity index (χ0v) is 11.2. The molecule has 0 radical (unpaired) electrons. The van der Waals surface area contributed by atoms with Gasteiger partial charge in [0.05, 0.1) is 11.6 Å². The van der Waals surface area contributed by atoms with Crippen molar-refractivity contribution >= 4 is 18.3 Å². The maximum absolute atomic E-state index is 11.9. The molecule has 1 aromatic heterocycles. The van der Waals surface area contributed by atoms with Crippen LogP contribution in [0.15, 0.2) is 6.33 Å². The monoisotopic (exact) mass is 261 g/mol. The highest BCUT2D eigenvalue weighted by molar-refractivity contribution is 5.86. The van der Waals surface area contributed by atoms with Crippen molar-refractivity contribution in [2.45, 2.75) is 45.2 Å². The fourth-order valence-corrected chi connectivity index (χ4v) is 1.49. The van der Waals surface area contributed by atoms with Gasteiger partial charge in [-0.2, -0.15) is 5.10 Å². The zero-order valence-electron chi connectivity index (χ0n) is 10.4. The molecule has 0 aliphatic rings. The zero-order chi connectivity index (χ0) is 12.2. The molecule has 1 aromatic rings. The van der Waals surface area contributed by atoms with Gasteiger partial charge in [0.15, 0.2) is 0 Å². The fraction of sp³-hybridized carbons (Fsp3) is 0.700. The number of halogens is 1. The van der Waals surface area contributed by atoms with Crippen molar-refractivity contribution in [3.8, 4) is 0 Å². The maximum Gasteiger partial charge on any atom is 0.240 e. The van der Waals surface area contributed by atoms with Crippen molar-refractivity contribution < 1.29 is 4.79 Å². The quantitative estimate of drug-likeness (QED) is 0.734. The summed E-state index contributed by atoms with van der Waals surface area (Å²) in [4.78, 5) is 15.8. The number of nitrogens with one attached hydrogen (secondary N) is 2. The standard InChI is InChI=1S/C10H19N5O.ClH/c1-4-5-10(3,11)9(16)14-7(2)8-12-6-13-15-8;/h6-7H,4-5,11H2,1-3H3,(H,14,16)(H,12,13,15);1H. The van der Waals surface area contributed by atoms with Gasteiger partial charge in [0, 0.05) is 0 Å². The van der Waals surface area contributed by atoms with Crippen LogP contribution in [0.3, 0.4) is 0 Å². The molecule has 2 unspecified atom stereocenters.